The molecule has 11 heteroatoms. The number of hydrogen-bond acceptors (Lipinski definition) is 6. The predicted octanol–water partition coefficient (Wildman–Crippen LogP) is -0.761. The van der Waals surface area contributed by atoms with Gasteiger partial charge in [-0.3, -0.25) is 19.2 Å². The van der Waals surface area contributed by atoms with Gasteiger partial charge in [0.15, 0.2) is 0 Å². The van der Waals surface area contributed by atoms with Crippen LogP contribution in [0.25, 0.3) is 0 Å². The molecule has 0 rings (SSSR count). The van der Waals surface area contributed by atoms with Crippen LogP contribution in [0.5, 0.6) is 0 Å². The van der Waals surface area contributed by atoms with Crippen molar-refractivity contribution in [3.63, 3.8) is 0 Å². The fraction of sp³-hybridized carbons (Fsp3) is 0.688. The first-order valence-electron chi connectivity index (χ1n) is 8.34. The number of amides is 4. The van der Waals surface area contributed by atoms with Crippen molar-refractivity contribution >= 4 is 29.8 Å². The molecule has 4 amide bonds. The van der Waals surface area contributed by atoms with Crippen molar-refractivity contribution in [3.8, 4) is 0 Å². The molecule has 27 heavy (non-hydrogen) atoms. The topological polar surface area (TPSA) is 177 Å². The Labute approximate surface area is 157 Å². The van der Waals surface area contributed by atoms with Crippen molar-refractivity contribution in [1.29, 1.82) is 0 Å². The summed E-state index contributed by atoms with van der Waals surface area (Å²) in [6, 6.07) is -3.26. The second-order valence-corrected chi connectivity index (χ2v) is 7.00. The van der Waals surface area contributed by atoms with Gasteiger partial charge in [0.05, 0.1) is 0 Å². The Hall–Kier alpha value is -2.85. The molecular weight excluding hydrogens is 360 g/mol. The van der Waals surface area contributed by atoms with E-state index < -0.39 is 53.5 Å². The Morgan fingerprint density at radius 3 is 2.00 bits per heavy atom. The fourth-order valence-electron chi connectivity index (χ4n) is 1.78. The quantitative estimate of drug-likeness (QED) is 0.344. The molecule has 6 N–H and O–H groups in total. The van der Waals surface area contributed by atoms with Crippen LogP contribution in [0.3, 0.4) is 0 Å². The average Bonchev–Trinajstić information content (AvgIpc) is 2.48. The molecule has 0 heterocycles. The fourth-order valence-corrected chi connectivity index (χ4v) is 1.78. The molecule has 0 spiro atoms. The van der Waals surface area contributed by atoms with Crippen molar-refractivity contribution in [2.75, 3.05) is 0 Å². The third-order valence-corrected chi connectivity index (χ3v) is 3.19. The van der Waals surface area contributed by atoms with Crippen LogP contribution in [0, 0.1) is 0 Å². The number of carbonyl (C=O) groups is 5. The van der Waals surface area contributed by atoms with Gasteiger partial charge in [-0.15, -0.1) is 0 Å². The molecule has 0 unspecified atom stereocenters. The molecule has 11 nitrogen and oxygen atoms in total. The number of nitrogens with one attached hydrogen (secondary N) is 3. The first-order valence-corrected chi connectivity index (χ1v) is 8.34. The number of carboxylic acids is 1. The lowest BCUT2D eigenvalue weighted by molar-refractivity contribution is -0.141. The number of carboxylic acid groups (broad SMARTS) is 1. The number of hydrogen-bond donors (Lipinski definition) is 5. The van der Waals surface area contributed by atoms with Crippen molar-refractivity contribution in [2.24, 2.45) is 5.73 Å². The number of alkyl carbamates (subject to hydrolysis) is 1. The van der Waals surface area contributed by atoms with Crippen molar-refractivity contribution in [2.45, 2.75) is 71.2 Å². The molecule has 0 saturated heterocycles. The third kappa shape index (κ3) is 10.7. The summed E-state index contributed by atoms with van der Waals surface area (Å²) in [6.07, 6.45) is -1.15. The summed E-state index contributed by atoms with van der Waals surface area (Å²) in [6.45, 7) is 7.67. The maximum absolute atomic E-state index is 12.1. The monoisotopic (exact) mass is 388 g/mol. The van der Waals surface area contributed by atoms with E-state index in [4.69, 9.17) is 15.6 Å². The molecule has 0 aliphatic heterocycles. The van der Waals surface area contributed by atoms with Gasteiger partial charge in [0.25, 0.3) is 0 Å². The molecule has 0 radical (unpaired) electrons. The highest BCUT2D eigenvalue weighted by Gasteiger charge is 2.25. The first-order chi connectivity index (χ1) is 12.2. The lowest BCUT2D eigenvalue weighted by atomic mass is 10.1. The predicted molar refractivity (Wildman–Crippen MR) is 94.4 cm³/mol. The largest absolute Gasteiger partial charge is 0.480 e. The summed E-state index contributed by atoms with van der Waals surface area (Å²) in [5, 5.41) is 15.6. The van der Waals surface area contributed by atoms with Gasteiger partial charge in [-0.2, -0.15) is 0 Å². The highest BCUT2D eigenvalue weighted by molar-refractivity contribution is 5.91. The number of rotatable bonds is 9. The molecule has 0 aromatic heterocycles. The molecule has 0 aliphatic carbocycles. The summed E-state index contributed by atoms with van der Waals surface area (Å²) in [7, 11) is 0. The van der Waals surface area contributed by atoms with Crippen molar-refractivity contribution < 1.29 is 33.8 Å². The van der Waals surface area contributed by atoms with Crippen LogP contribution in [-0.4, -0.2) is 58.6 Å². The zero-order valence-electron chi connectivity index (χ0n) is 16.1. The van der Waals surface area contributed by atoms with Crippen molar-refractivity contribution in [3.05, 3.63) is 0 Å². The van der Waals surface area contributed by atoms with Gasteiger partial charge in [-0.1, -0.05) is 0 Å². The Bertz CT molecular complexity index is 586. The standard InChI is InChI=1S/C16H28N4O7/c1-8(19-15(26)27-16(3,4)5)13(23)20-10(12(17)22)6-7-11(21)18-9(2)14(24)25/h8-10H,6-7H2,1-5H3,(H2,17,22)(H,18,21)(H,19,26)(H,20,23)(H,24,25)/t8-,9-,10+/m0/s1. The van der Waals surface area contributed by atoms with E-state index in [0.29, 0.717) is 0 Å². The second-order valence-electron chi connectivity index (χ2n) is 7.00. The minimum atomic E-state index is -1.20. The normalized spacial score (nSPS) is 14.3. The van der Waals surface area contributed by atoms with Gasteiger partial charge in [0.1, 0.15) is 23.7 Å². The third-order valence-electron chi connectivity index (χ3n) is 3.19. The number of carbonyl (C=O) groups excluding carboxylic acids is 4. The van der Waals surface area contributed by atoms with E-state index in [9.17, 15) is 24.0 Å². The Kier molecular flexibility index (Phi) is 9.24. The summed E-state index contributed by atoms with van der Waals surface area (Å²) in [4.78, 5) is 57.6. The van der Waals surface area contributed by atoms with Crippen LogP contribution in [0.1, 0.15) is 47.5 Å². The highest BCUT2D eigenvalue weighted by atomic mass is 16.6. The number of ether oxygens (including phenoxy) is 1. The molecule has 0 aromatic carbocycles. The zero-order chi connectivity index (χ0) is 21.4. The minimum Gasteiger partial charge on any atom is -0.480 e. The van der Waals surface area contributed by atoms with Gasteiger partial charge in [-0.25, -0.2) is 4.79 Å². The van der Waals surface area contributed by atoms with Gasteiger partial charge in [-0.05, 0) is 41.0 Å². The summed E-state index contributed by atoms with van der Waals surface area (Å²) in [5.41, 5.74) is 4.47. The smallest absolute Gasteiger partial charge is 0.408 e. The van der Waals surface area contributed by atoms with E-state index in [1.54, 1.807) is 20.8 Å². The van der Waals surface area contributed by atoms with Crippen LogP contribution in [0.4, 0.5) is 4.79 Å². The van der Waals surface area contributed by atoms with E-state index in [1.807, 2.05) is 0 Å². The number of aliphatic carboxylic acids is 1. The van der Waals surface area contributed by atoms with E-state index >= 15 is 0 Å². The van der Waals surface area contributed by atoms with E-state index in [1.165, 1.54) is 13.8 Å². The minimum absolute atomic E-state index is 0.127. The Morgan fingerprint density at radius 1 is 1.00 bits per heavy atom. The number of primary amides is 1. The SMILES string of the molecule is C[C@H](NC(=O)CC[C@@H](NC(=O)[C@H](C)NC(=O)OC(C)(C)C)C(N)=O)C(=O)O. The Balaban J connectivity index is 4.61. The average molecular weight is 388 g/mol. The molecule has 0 aliphatic rings. The maximum Gasteiger partial charge on any atom is 0.408 e. The van der Waals surface area contributed by atoms with Crippen LogP contribution in [-0.2, 0) is 23.9 Å². The lowest BCUT2D eigenvalue weighted by Crippen LogP contribution is -2.52. The highest BCUT2D eigenvalue weighted by Crippen LogP contribution is 2.07. The summed E-state index contributed by atoms with van der Waals surface area (Å²) < 4.78 is 5.02. The van der Waals surface area contributed by atoms with Gasteiger partial charge >= 0.3 is 12.1 Å². The van der Waals surface area contributed by atoms with Crippen LogP contribution >= 0.6 is 0 Å². The maximum atomic E-state index is 12.1. The Morgan fingerprint density at radius 2 is 1.56 bits per heavy atom. The van der Waals surface area contributed by atoms with Crippen LogP contribution < -0.4 is 21.7 Å². The molecular formula is C16H28N4O7. The lowest BCUT2D eigenvalue weighted by Gasteiger charge is -2.23. The number of nitrogens with two attached hydrogens (primary N) is 1. The molecule has 0 aromatic rings. The van der Waals surface area contributed by atoms with E-state index in [2.05, 4.69) is 16.0 Å². The second kappa shape index (κ2) is 10.3. The van der Waals surface area contributed by atoms with Gasteiger partial charge in [0, 0.05) is 6.42 Å². The molecule has 0 saturated carbocycles. The molecule has 0 bridgehead atoms. The van der Waals surface area contributed by atoms with Crippen LogP contribution in [0.2, 0.25) is 0 Å². The van der Waals surface area contributed by atoms with Crippen LogP contribution in [0.15, 0.2) is 0 Å². The molecule has 3 atom stereocenters. The zero-order valence-corrected chi connectivity index (χ0v) is 16.1. The van der Waals surface area contributed by atoms with E-state index in [0.717, 1.165) is 0 Å². The summed E-state index contributed by atoms with van der Waals surface area (Å²) >= 11 is 0. The molecule has 0 fully saturated rings. The first kappa shape index (κ1) is 24.1. The van der Waals surface area contributed by atoms with Crippen molar-refractivity contribution in [1.82, 2.24) is 16.0 Å². The summed E-state index contributed by atoms with van der Waals surface area (Å²) in [5.74, 6) is -3.37. The molecule has 154 valence electrons. The van der Waals surface area contributed by atoms with Gasteiger partial charge in [0.2, 0.25) is 17.7 Å². The van der Waals surface area contributed by atoms with Gasteiger partial charge < -0.3 is 31.5 Å². The van der Waals surface area contributed by atoms with E-state index in [-0.39, 0.29) is 12.8 Å².